The smallest absolute Gasteiger partial charge is 0.129 e. The lowest BCUT2D eigenvalue weighted by Crippen LogP contribution is -2.43. The molecule has 2 heterocycles. The first kappa shape index (κ1) is 18.3. The van der Waals surface area contributed by atoms with Crippen LogP contribution in [0.1, 0.15) is 13.8 Å². The van der Waals surface area contributed by atoms with E-state index in [9.17, 15) is 0 Å². The minimum Gasteiger partial charge on any atom is -0.354 e. The van der Waals surface area contributed by atoms with Gasteiger partial charge in [0.25, 0.3) is 0 Å². The van der Waals surface area contributed by atoms with Crippen molar-refractivity contribution in [2.45, 2.75) is 13.8 Å². The van der Waals surface area contributed by atoms with E-state index in [1.807, 2.05) is 19.9 Å². The summed E-state index contributed by atoms with van der Waals surface area (Å²) in [7, 11) is 0. The van der Waals surface area contributed by atoms with E-state index in [0.29, 0.717) is 0 Å². The molecule has 2 aromatic rings. The van der Waals surface area contributed by atoms with Crippen molar-refractivity contribution >= 4 is 45.3 Å². The summed E-state index contributed by atoms with van der Waals surface area (Å²) >= 11 is 7.01. The molecule has 1 aliphatic heterocycles. The number of rotatable bonds is 1. The molecule has 0 saturated carbocycles. The Hall–Kier alpha value is -0.780. The van der Waals surface area contributed by atoms with Gasteiger partial charge in [-0.25, -0.2) is 4.98 Å². The average molecular weight is 370 g/mol. The largest absolute Gasteiger partial charge is 0.354 e. The summed E-state index contributed by atoms with van der Waals surface area (Å²) in [6.45, 7) is 8.16. The Morgan fingerprint density at radius 3 is 2.43 bits per heavy atom. The number of benzene rings is 1. The summed E-state index contributed by atoms with van der Waals surface area (Å²) < 4.78 is 1.10. The van der Waals surface area contributed by atoms with Gasteiger partial charge in [0.2, 0.25) is 0 Å². The quantitative estimate of drug-likeness (QED) is 0.744. The number of piperazine rings is 1. The summed E-state index contributed by atoms with van der Waals surface area (Å²) in [4.78, 5) is 7.05. The molecule has 0 spiro atoms. The third-order valence-electron chi connectivity index (χ3n) is 3.08. The standard InChI is InChI=1S/C13H14BrN3.C2H6.CH4S/c14-11-2-3-12-10(9-11)1-4-13(16-12)17-7-5-15-6-8-17;2*1-2/h1-4,9,15H,5-8H2;1-2H3;2H,1H3. The summed E-state index contributed by atoms with van der Waals surface area (Å²) in [5.41, 5.74) is 1.06. The molecule has 0 atom stereocenters. The second kappa shape index (κ2) is 10.0. The van der Waals surface area contributed by atoms with Gasteiger partial charge < -0.3 is 10.2 Å². The summed E-state index contributed by atoms with van der Waals surface area (Å²) in [6, 6.07) is 10.5. The lowest BCUT2D eigenvalue weighted by molar-refractivity contribution is 0.585. The third kappa shape index (κ3) is 5.16. The molecule has 3 rings (SSSR count). The van der Waals surface area contributed by atoms with Gasteiger partial charge in [-0.15, -0.1) is 0 Å². The van der Waals surface area contributed by atoms with E-state index in [0.717, 1.165) is 42.0 Å². The van der Waals surface area contributed by atoms with Crippen LogP contribution in [0, 0.1) is 0 Å². The van der Waals surface area contributed by atoms with Crippen LogP contribution in [0.3, 0.4) is 0 Å². The van der Waals surface area contributed by atoms with Crippen LogP contribution in [0.15, 0.2) is 34.8 Å². The maximum atomic E-state index is 4.72. The molecule has 1 aliphatic rings. The van der Waals surface area contributed by atoms with Crippen LogP contribution < -0.4 is 10.2 Å². The van der Waals surface area contributed by atoms with Crippen LogP contribution in [-0.4, -0.2) is 37.4 Å². The average Bonchev–Trinajstić information content (AvgIpc) is 2.59. The number of anilines is 1. The monoisotopic (exact) mass is 369 g/mol. The Labute approximate surface area is 141 Å². The molecule has 1 N–H and O–H groups in total. The lowest BCUT2D eigenvalue weighted by atomic mass is 10.2. The van der Waals surface area contributed by atoms with Crippen molar-refractivity contribution in [3.8, 4) is 0 Å². The van der Waals surface area contributed by atoms with E-state index in [2.05, 4.69) is 63.0 Å². The Morgan fingerprint density at radius 1 is 1.10 bits per heavy atom. The number of thiol groups is 1. The molecule has 3 nitrogen and oxygen atoms in total. The topological polar surface area (TPSA) is 28.2 Å². The first-order valence-electron chi connectivity index (χ1n) is 7.30. The number of halogens is 1. The van der Waals surface area contributed by atoms with E-state index in [4.69, 9.17) is 4.98 Å². The highest BCUT2D eigenvalue weighted by Gasteiger charge is 2.11. The molecule has 0 amide bonds. The predicted octanol–water partition coefficient (Wildman–Crippen LogP) is 3.98. The van der Waals surface area contributed by atoms with Gasteiger partial charge >= 0.3 is 0 Å². The third-order valence-corrected chi connectivity index (χ3v) is 3.57. The lowest BCUT2D eigenvalue weighted by Gasteiger charge is -2.28. The van der Waals surface area contributed by atoms with Gasteiger partial charge in [0, 0.05) is 36.0 Å². The minimum absolute atomic E-state index is 1.04. The molecular formula is C16H24BrN3S. The Kier molecular flexibility index (Phi) is 8.73. The fraction of sp³-hybridized carbons (Fsp3) is 0.438. The molecule has 0 aliphatic carbocycles. The maximum Gasteiger partial charge on any atom is 0.129 e. The minimum atomic E-state index is 1.04. The van der Waals surface area contributed by atoms with Gasteiger partial charge in [0.05, 0.1) is 5.52 Å². The van der Waals surface area contributed by atoms with Gasteiger partial charge in [-0.05, 0) is 36.6 Å². The molecule has 0 unspecified atom stereocenters. The van der Waals surface area contributed by atoms with Gasteiger partial charge in [0.1, 0.15) is 5.82 Å². The summed E-state index contributed by atoms with van der Waals surface area (Å²) in [6.07, 6.45) is 1.69. The highest BCUT2D eigenvalue weighted by molar-refractivity contribution is 9.10. The van der Waals surface area contributed by atoms with Crippen molar-refractivity contribution in [2.75, 3.05) is 37.3 Å². The van der Waals surface area contributed by atoms with Crippen molar-refractivity contribution in [3.63, 3.8) is 0 Å². The Bertz CT molecular complexity index is 542. The zero-order chi connectivity index (χ0) is 15.7. The van der Waals surface area contributed by atoms with Crippen LogP contribution in [0.2, 0.25) is 0 Å². The second-order valence-corrected chi connectivity index (χ2v) is 5.16. The van der Waals surface area contributed by atoms with Crippen LogP contribution in [0.5, 0.6) is 0 Å². The number of nitrogens with zero attached hydrogens (tertiary/aromatic N) is 2. The van der Waals surface area contributed by atoms with Crippen molar-refractivity contribution in [1.82, 2.24) is 10.3 Å². The molecule has 1 aromatic carbocycles. The Morgan fingerprint density at radius 2 is 1.76 bits per heavy atom. The van der Waals surface area contributed by atoms with E-state index in [1.165, 1.54) is 5.39 Å². The van der Waals surface area contributed by atoms with Crippen molar-refractivity contribution in [1.29, 1.82) is 0 Å². The SMILES string of the molecule is Brc1ccc2nc(N3CCNCC3)ccc2c1.CC.CS. The predicted molar refractivity (Wildman–Crippen MR) is 101 cm³/mol. The normalized spacial score (nSPS) is 13.9. The van der Waals surface area contributed by atoms with Gasteiger partial charge in [-0.2, -0.15) is 12.6 Å². The maximum absolute atomic E-state index is 4.72. The van der Waals surface area contributed by atoms with Crippen LogP contribution in [0.4, 0.5) is 5.82 Å². The molecule has 0 bridgehead atoms. The molecule has 5 heteroatoms. The van der Waals surface area contributed by atoms with E-state index in [-0.39, 0.29) is 0 Å². The highest BCUT2D eigenvalue weighted by Crippen LogP contribution is 2.21. The number of hydrogen-bond donors (Lipinski definition) is 2. The number of pyridine rings is 1. The molecule has 1 fully saturated rings. The van der Waals surface area contributed by atoms with E-state index >= 15 is 0 Å². The van der Waals surface area contributed by atoms with E-state index < -0.39 is 0 Å². The Balaban J connectivity index is 0.000000510. The van der Waals surface area contributed by atoms with Crippen LogP contribution in [-0.2, 0) is 0 Å². The molecular weight excluding hydrogens is 346 g/mol. The zero-order valence-corrected chi connectivity index (χ0v) is 15.4. The fourth-order valence-electron chi connectivity index (χ4n) is 2.16. The highest BCUT2D eigenvalue weighted by atomic mass is 79.9. The van der Waals surface area contributed by atoms with Crippen LogP contribution >= 0.6 is 28.6 Å². The van der Waals surface area contributed by atoms with Crippen molar-refractivity contribution < 1.29 is 0 Å². The van der Waals surface area contributed by atoms with Crippen molar-refractivity contribution in [3.05, 3.63) is 34.8 Å². The molecule has 1 saturated heterocycles. The van der Waals surface area contributed by atoms with Crippen molar-refractivity contribution in [2.24, 2.45) is 0 Å². The summed E-state index contributed by atoms with van der Waals surface area (Å²) in [5.74, 6) is 1.08. The number of fused-ring (bicyclic) bond motifs is 1. The second-order valence-electron chi connectivity index (χ2n) is 4.24. The molecule has 21 heavy (non-hydrogen) atoms. The fourth-order valence-corrected chi connectivity index (χ4v) is 2.53. The molecule has 1 aromatic heterocycles. The van der Waals surface area contributed by atoms with Crippen LogP contribution in [0.25, 0.3) is 10.9 Å². The van der Waals surface area contributed by atoms with Gasteiger partial charge in [0.15, 0.2) is 0 Å². The van der Waals surface area contributed by atoms with E-state index in [1.54, 1.807) is 6.26 Å². The first-order chi connectivity index (χ1) is 10.3. The van der Waals surface area contributed by atoms with Gasteiger partial charge in [-0.1, -0.05) is 29.8 Å². The number of aromatic nitrogens is 1. The number of nitrogens with one attached hydrogen (secondary N) is 1. The molecule has 116 valence electrons. The number of hydrogen-bond acceptors (Lipinski definition) is 4. The summed E-state index contributed by atoms with van der Waals surface area (Å²) in [5, 5.41) is 4.53. The first-order valence-corrected chi connectivity index (χ1v) is 8.98. The van der Waals surface area contributed by atoms with Gasteiger partial charge in [-0.3, -0.25) is 0 Å². The molecule has 0 radical (unpaired) electrons. The zero-order valence-electron chi connectivity index (χ0n) is 12.9.